The molecule has 0 radical (unpaired) electrons. The third-order valence-electron chi connectivity index (χ3n) is 2.03. The van der Waals surface area contributed by atoms with Crippen LogP contribution in [-0.4, -0.2) is 29.6 Å². The number of carboxylic acids is 1. The SMILES string of the molecule is NC(CC(=O)O)C(=O)NCCc1ccc(Cl)s1. The van der Waals surface area contributed by atoms with Crippen molar-refractivity contribution in [2.45, 2.75) is 18.9 Å². The van der Waals surface area contributed by atoms with Crippen molar-refractivity contribution in [3.05, 3.63) is 21.3 Å². The summed E-state index contributed by atoms with van der Waals surface area (Å²) in [6.07, 6.45) is 0.291. The molecule has 0 spiro atoms. The van der Waals surface area contributed by atoms with E-state index >= 15 is 0 Å². The number of nitrogens with two attached hydrogens (primary N) is 1. The number of halogens is 1. The lowest BCUT2D eigenvalue weighted by Gasteiger charge is -2.09. The van der Waals surface area contributed by atoms with Gasteiger partial charge in [0.05, 0.1) is 16.8 Å². The van der Waals surface area contributed by atoms with Crippen molar-refractivity contribution >= 4 is 34.8 Å². The van der Waals surface area contributed by atoms with Gasteiger partial charge in [0, 0.05) is 11.4 Å². The molecular formula is C10H13ClN2O3S. The first-order valence-electron chi connectivity index (χ1n) is 4.98. The van der Waals surface area contributed by atoms with E-state index in [1.54, 1.807) is 6.07 Å². The molecule has 0 saturated heterocycles. The summed E-state index contributed by atoms with van der Waals surface area (Å²) in [5, 5.41) is 11.0. The second-order valence-electron chi connectivity index (χ2n) is 3.45. The molecule has 4 N–H and O–H groups in total. The minimum absolute atomic E-state index is 0.364. The van der Waals surface area contributed by atoms with Gasteiger partial charge in [-0.25, -0.2) is 0 Å². The minimum atomic E-state index is -1.09. The summed E-state index contributed by atoms with van der Waals surface area (Å²) in [4.78, 5) is 22.7. The number of hydrogen-bond donors (Lipinski definition) is 3. The fourth-order valence-electron chi connectivity index (χ4n) is 1.21. The number of hydrogen-bond acceptors (Lipinski definition) is 4. The van der Waals surface area contributed by atoms with E-state index in [1.165, 1.54) is 11.3 Å². The van der Waals surface area contributed by atoms with Gasteiger partial charge in [-0.3, -0.25) is 9.59 Å². The third-order valence-corrected chi connectivity index (χ3v) is 3.32. The van der Waals surface area contributed by atoms with Crippen LogP contribution in [0.15, 0.2) is 12.1 Å². The average Bonchev–Trinajstić information content (AvgIpc) is 2.63. The van der Waals surface area contributed by atoms with E-state index in [2.05, 4.69) is 5.32 Å². The van der Waals surface area contributed by atoms with Gasteiger partial charge in [-0.1, -0.05) is 11.6 Å². The lowest BCUT2D eigenvalue weighted by molar-refractivity contribution is -0.139. The first-order valence-corrected chi connectivity index (χ1v) is 6.18. The summed E-state index contributed by atoms with van der Waals surface area (Å²) < 4.78 is 0.703. The van der Waals surface area contributed by atoms with Crippen LogP contribution in [0.4, 0.5) is 0 Å². The zero-order valence-corrected chi connectivity index (χ0v) is 10.6. The van der Waals surface area contributed by atoms with Gasteiger partial charge in [0.2, 0.25) is 5.91 Å². The number of carbonyl (C=O) groups is 2. The van der Waals surface area contributed by atoms with Gasteiger partial charge in [-0.05, 0) is 18.6 Å². The highest BCUT2D eigenvalue weighted by Crippen LogP contribution is 2.21. The van der Waals surface area contributed by atoms with E-state index in [4.69, 9.17) is 22.4 Å². The Kier molecular flexibility index (Phi) is 5.40. The van der Waals surface area contributed by atoms with Gasteiger partial charge in [0.15, 0.2) is 0 Å². The van der Waals surface area contributed by atoms with Gasteiger partial charge in [-0.2, -0.15) is 0 Å². The molecule has 7 heteroatoms. The van der Waals surface area contributed by atoms with E-state index in [-0.39, 0.29) is 6.42 Å². The molecule has 0 bridgehead atoms. The Labute approximate surface area is 108 Å². The average molecular weight is 277 g/mol. The summed E-state index contributed by atoms with van der Waals surface area (Å²) in [7, 11) is 0. The number of thiophene rings is 1. The van der Waals surface area contributed by atoms with E-state index in [0.717, 1.165) is 4.88 Å². The summed E-state index contributed by atoms with van der Waals surface area (Å²) >= 11 is 7.20. The fraction of sp³-hybridized carbons (Fsp3) is 0.400. The molecular weight excluding hydrogens is 264 g/mol. The number of carbonyl (C=O) groups excluding carboxylic acids is 1. The van der Waals surface area contributed by atoms with Crippen LogP contribution < -0.4 is 11.1 Å². The second-order valence-corrected chi connectivity index (χ2v) is 5.25. The maximum Gasteiger partial charge on any atom is 0.305 e. The van der Waals surface area contributed by atoms with Crippen LogP contribution in [0.2, 0.25) is 4.34 Å². The maximum absolute atomic E-state index is 11.4. The molecule has 1 atom stereocenters. The van der Waals surface area contributed by atoms with Gasteiger partial charge in [0.1, 0.15) is 0 Å². The predicted molar refractivity (Wildman–Crippen MR) is 66.3 cm³/mol. The number of amides is 1. The second kappa shape index (κ2) is 6.58. The largest absolute Gasteiger partial charge is 0.481 e. The molecule has 1 aromatic rings. The number of nitrogens with one attached hydrogen (secondary N) is 1. The van der Waals surface area contributed by atoms with E-state index in [1.807, 2.05) is 6.07 Å². The monoisotopic (exact) mass is 276 g/mol. The van der Waals surface area contributed by atoms with Crippen molar-refractivity contribution in [2.75, 3.05) is 6.54 Å². The van der Waals surface area contributed by atoms with Crippen LogP contribution in [0, 0.1) is 0 Å². The fourth-order valence-corrected chi connectivity index (χ4v) is 2.29. The zero-order chi connectivity index (χ0) is 12.8. The molecule has 0 aliphatic rings. The summed E-state index contributed by atoms with van der Waals surface area (Å²) in [5.74, 6) is -1.53. The number of aliphatic carboxylic acids is 1. The van der Waals surface area contributed by atoms with Crippen LogP contribution in [-0.2, 0) is 16.0 Å². The number of carboxylic acid groups (broad SMARTS) is 1. The first kappa shape index (κ1) is 14.0. The molecule has 17 heavy (non-hydrogen) atoms. The molecule has 0 saturated carbocycles. The molecule has 1 rings (SSSR count). The molecule has 0 fully saturated rings. The molecule has 5 nitrogen and oxygen atoms in total. The summed E-state index contributed by atoms with van der Waals surface area (Å²) in [6, 6.07) is 2.68. The summed E-state index contributed by atoms with van der Waals surface area (Å²) in [6.45, 7) is 0.420. The van der Waals surface area contributed by atoms with Gasteiger partial charge < -0.3 is 16.2 Å². The van der Waals surface area contributed by atoms with Crippen LogP contribution >= 0.6 is 22.9 Å². The molecule has 0 aliphatic carbocycles. The minimum Gasteiger partial charge on any atom is -0.481 e. The highest BCUT2D eigenvalue weighted by atomic mass is 35.5. The van der Waals surface area contributed by atoms with E-state index in [9.17, 15) is 9.59 Å². The molecule has 1 aromatic heterocycles. The van der Waals surface area contributed by atoms with Crippen molar-refractivity contribution in [1.29, 1.82) is 0 Å². The maximum atomic E-state index is 11.4. The highest BCUT2D eigenvalue weighted by molar-refractivity contribution is 7.16. The van der Waals surface area contributed by atoms with Gasteiger partial charge in [0.25, 0.3) is 0 Å². The first-order chi connectivity index (χ1) is 7.99. The van der Waals surface area contributed by atoms with Crippen LogP contribution in [0.1, 0.15) is 11.3 Å². The smallest absolute Gasteiger partial charge is 0.305 e. The standard InChI is InChI=1S/C10H13ClN2O3S/c11-8-2-1-6(17-8)3-4-13-10(16)7(12)5-9(14)15/h1-2,7H,3-5,12H2,(H,13,16)(H,14,15). The molecule has 0 aliphatic heterocycles. The summed E-state index contributed by atoms with van der Waals surface area (Å²) in [5.41, 5.74) is 5.39. The lowest BCUT2D eigenvalue weighted by atomic mass is 10.2. The molecule has 1 unspecified atom stereocenters. The van der Waals surface area contributed by atoms with Crippen LogP contribution in [0.5, 0.6) is 0 Å². The molecule has 1 heterocycles. The van der Waals surface area contributed by atoms with Crippen LogP contribution in [0.3, 0.4) is 0 Å². The van der Waals surface area contributed by atoms with E-state index in [0.29, 0.717) is 17.3 Å². The third kappa shape index (κ3) is 5.16. The quantitative estimate of drug-likeness (QED) is 0.719. The van der Waals surface area contributed by atoms with Crippen molar-refractivity contribution in [1.82, 2.24) is 5.32 Å². The molecule has 1 amide bonds. The van der Waals surface area contributed by atoms with Gasteiger partial charge >= 0.3 is 5.97 Å². The van der Waals surface area contributed by atoms with Gasteiger partial charge in [-0.15, -0.1) is 11.3 Å². The lowest BCUT2D eigenvalue weighted by Crippen LogP contribution is -2.42. The van der Waals surface area contributed by atoms with Crippen molar-refractivity contribution < 1.29 is 14.7 Å². The molecule has 0 aromatic carbocycles. The Morgan fingerprint density at radius 1 is 1.53 bits per heavy atom. The Balaban J connectivity index is 2.26. The zero-order valence-electron chi connectivity index (χ0n) is 8.98. The Morgan fingerprint density at radius 2 is 2.24 bits per heavy atom. The van der Waals surface area contributed by atoms with Crippen LogP contribution in [0.25, 0.3) is 0 Å². The predicted octanol–water partition coefficient (Wildman–Crippen LogP) is 0.862. The molecule has 94 valence electrons. The Hall–Kier alpha value is -1.11. The van der Waals surface area contributed by atoms with Crippen molar-refractivity contribution in [3.8, 4) is 0 Å². The highest BCUT2D eigenvalue weighted by Gasteiger charge is 2.16. The topological polar surface area (TPSA) is 92.4 Å². The van der Waals surface area contributed by atoms with Crippen molar-refractivity contribution in [3.63, 3.8) is 0 Å². The Bertz CT molecular complexity index is 408. The van der Waals surface area contributed by atoms with Crippen molar-refractivity contribution in [2.24, 2.45) is 5.73 Å². The Morgan fingerprint density at radius 3 is 2.76 bits per heavy atom. The number of rotatable bonds is 6. The van der Waals surface area contributed by atoms with E-state index < -0.39 is 17.9 Å². The normalized spacial score (nSPS) is 12.1.